The molecule has 4 amide bonds. The average molecular weight is 895 g/mol. The number of rotatable bonds is 15. The largest absolute Gasteiger partial charge is 0.759 e. The van der Waals surface area contributed by atoms with Crippen molar-refractivity contribution in [1.82, 2.24) is 26.6 Å². The van der Waals surface area contributed by atoms with Gasteiger partial charge in [0.05, 0.1) is 18.8 Å². The fourth-order valence-electron chi connectivity index (χ4n) is 5.31. The second kappa shape index (κ2) is 28.6. The Balaban J connectivity index is -0.000000928. The summed E-state index contributed by atoms with van der Waals surface area (Å²) in [5.41, 5.74) is 22.6. The highest BCUT2D eigenvalue weighted by Gasteiger charge is 2.49. The molecule has 0 aromatic heterocycles. The normalized spacial score (nSPS) is 25.5. The highest BCUT2D eigenvalue weighted by molar-refractivity contribution is 7.79. The van der Waals surface area contributed by atoms with Crippen LogP contribution in [-0.4, -0.2) is 189 Å². The molecule has 58 heavy (non-hydrogen) atoms. The van der Waals surface area contributed by atoms with Crippen LogP contribution in [0.5, 0.6) is 0 Å². The Hall–Kier alpha value is -3.75. The molecule has 3 aliphatic heterocycles. The highest BCUT2D eigenvalue weighted by atomic mass is 32.3. The van der Waals surface area contributed by atoms with Crippen molar-refractivity contribution in [3.8, 4) is 0 Å². The van der Waals surface area contributed by atoms with Gasteiger partial charge in [-0.3, -0.25) is 31.2 Å². The van der Waals surface area contributed by atoms with Gasteiger partial charge < -0.3 is 114 Å². The van der Waals surface area contributed by atoms with E-state index in [-0.39, 0.29) is 59.2 Å². The maximum Gasteiger partial charge on any atom is 0.404 e. The molecule has 0 radical (unpaired) electrons. The molecule has 0 aromatic rings. The Morgan fingerprint density at radius 2 is 1.47 bits per heavy atom. The van der Waals surface area contributed by atoms with Gasteiger partial charge in [0.15, 0.2) is 24.3 Å². The number of aliphatic imine (C=N–C) groups is 1. The third-order valence-electron chi connectivity index (χ3n) is 7.59. The van der Waals surface area contributed by atoms with Crippen LogP contribution in [0.15, 0.2) is 4.99 Å². The first-order valence-electron chi connectivity index (χ1n) is 16.0. The van der Waals surface area contributed by atoms with Crippen molar-refractivity contribution in [1.29, 1.82) is 0 Å². The molecule has 346 valence electrons. The van der Waals surface area contributed by atoms with Gasteiger partial charge in [-0.25, -0.2) is 9.79 Å². The lowest BCUT2D eigenvalue weighted by atomic mass is 9.95. The fraction of sp³-hybridized carbons (Fsp3) is 0.800. The van der Waals surface area contributed by atoms with Gasteiger partial charge in [-0.2, -0.15) is 0 Å². The summed E-state index contributed by atoms with van der Waals surface area (Å²) in [5, 5.41) is 44.9. The van der Waals surface area contributed by atoms with Crippen LogP contribution in [0.3, 0.4) is 0 Å². The lowest BCUT2D eigenvalue weighted by Gasteiger charge is -2.44. The second-order valence-electron chi connectivity index (χ2n) is 12.0. The number of primary amides is 1. The molecule has 33 heteroatoms. The van der Waals surface area contributed by atoms with Crippen molar-refractivity contribution < 1.29 is 101 Å². The Morgan fingerprint density at radius 3 is 1.95 bits per heavy atom. The minimum absolute atomic E-state index is 0. The van der Waals surface area contributed by atoms with Crippen LogP contribution in [0, 0.1) is 0 Å². The molecule has 0 aliphatic carbocycles. The van der Waals surface area contributed by atoms with Crippen molar-refractivity contribution in [2.45, 2.75) is 99.4 Å². The van der Waals surface area contributed by atoms with Gasteiger partial charge in [0.1, 0.15) is 18.2 Å². The minimum Gasteiger partial charge on any atom is -0.759 e. The molecule has 31 nitrogen and oxygen atoms in total. The van der Waals surface area contributed by atoms with Gasteiger partial charge in [0.2, 0.25) is 17.7 Å². The zero-order chi connectivity index (χ0) is 41.4. The van der Waals surface area contributed by atoms with E-state index in [1.54, 1.807) is 0 Å². The van der Waals surface area contributed by atoms with E-state index < -0.39 is 100 Å². The molecule has 0 aromatic carbocycles. The van der Waals surface area contributed by atoms with Crippen LogP contribution in [0.4, 0.5) is 4.79 Å². The number of aliphatic hydroxyl groups excluding tert-OH is 3. The Labute approximate surface area is 331 Å². The number of ether oxygens (including phenoxy) is 2. The summed E-state index contributed by atoms with van der Waals surface area (Å²) in [6.45, 7) is 0.203. The van der Waals surface area contributed by atoms with Crippen molar-refractivity contribution in [3.63, 3.8) is 0 Å². The predicted molar refractivity (Wildman–Crippen MR) is 190 cm³/mol. The van der Waals surface area contributed by atoms with E-state index in [1.807, 2.05) is 0 Å². The maximum atomic E-state index is 13.0. The van der Waals surface area contributed by atoms with Crippen LogP contribution in [0.1, 0.15) is 38.5 Å². The van der Waals surface area contributed by atoms with E-state index in [0.717, 1.165) is 6.42 Å². The summed E-state index contributed by atoms with van der Waals surface area (Å²) in [7, 11) is -10.3. The van der Waals surface area contributed by atoms with Crippen molar-refractivity contribution >= 4 is 50.6 Å². The standard InChI is InChI=1S/C25H46N10O9.2H2O4S.4H2O/c26-5-1-3-11(27)7-15(38)30-6-2-4-12(28)8-16(39)32-19-20(40)21(44-24(29)42)14(10-36)43-23(19)35-25-33-17-13(37)9-31-22(41)18(17)34-25;2*1-5(2,3)4;;;;/h11-14,17-21,23,36-37,40H,1-10,26-28H2,(H2,29,42)(H,30,38)(H,31,41)(H,32,39)(H2,33,34,35);2*(H2,1,2,3,4);4*1H2/p-4/t11?,12?,13-,14-,17-,18+,19-,20+,21+,23-;;;;;;/m1....../s1. The summed E-state index contributed by atoms with van der Waals surface area (Å²) in [6.07, 6.45) is -5.37. The molecule has 3 heterocycles. The number of carbonyl (C=O) groups is 4. The number of nitrogens with zero attached hydrogens (tertiary/aromatic N) is 1. The first-order valence-corrected chi connectivity index (χ1v) is 18.7. The molecule has 0 saturated carbocycles. The zero-order valence-corrected chi connectivity index (χ0v) is 32.1. The summed E-state index contributed by atoms with van der Waals surface area (Å²) >= 11 is 0. The first kappa shape index (κ1) is 60.9. The molecular formula is C25H54N10O21S2-4. The Morgan fingerprint density at radius 1 is 0.948 bits per heavy atom. The third-order valence-corrected chi connectivity index (χ3v) is 7.59. The van der Waals surface area contributed by atoms with E-state index in [4.69, 9.17) is 67.5 Å². The van der Waals surface area contributed by atoms with E-state index >= 15 is 0 Å². The second-order valence-corrected chi connectivity index (χ2v) is 13.6. The summed E-state index contributed by atoms with van der Waals surface area (Å²) in [5.74, 6) is -1.12. The molecule has 0 spiro atoms. The van der Waals surface area contributed by atoms with E-state index in [2.05, 4.69) is 31.6 Å². The van der Waals surface area contributed by atoms with Gasteiger partial charge in [0.25, 0.3) is 0 Å². The number of fused-ring (bicyclic) bond motifs is 1. The van der Waals surface area contributed by atoms with Crippen LogP contribution in [0.2, 0.25) is 0 Å². The van der Waals surface area contributed by atoms with Crippen molar-refractivity contribution in [2.75, 3.05) is 26.2 Å². The van der Waals surface area contributed by atoms with E-state index in [0.29, 0.717) is 32.4 Å². The number of aliphatic hydroxyl groups is 3. The molecule has 3 aliphatic rings. The first-order chi connectivity index (χ1) is 24.9. The molecule has 2 fully saturated rings. The van der Waals surface area contributed by atoms with Gasteiger partial charge in [-0.1, -0.05) is 0 Å². The number of amides is 4. The van der Waals surface area contributed by atoms with Gasteiger partial charge in [-0.05, 0) is 32.2 Å². The highest BCUT2D eigenvalue weighted by Crippen LogP contribution is 2.24. The van der Waals surface area contributed by atoms with Gasteiger partial charge in [-0.15, -0.1) is 0 Å². The van der Waals surface area contributed by atoms with Crippen molar-refractivity contribution in [2.24, 2.45) is 27.9 Å². The number of hydrogen-bond donors (Lipinski definition) is 12. The van der Waals surface area contributed by atoms with E-state index in [9.17, 15) is 34.5 Å². The number of β-amino-alcohol motifs (C(OH)–C–C–N with tert-alkyl or cyclic N) is 1. The number of piperidine rings is 1. The van der Waals surface area contributed by atoms with E-state index in [1.165, 1.54) is 0 Å². The molecular weight excluding hydrogens is 840 g/mol. The summed E-state index contributed by atoms with van der Waals surface area (Å²) in [6, 6.07) is -3.79. The van der Waals surface area contributed by atoms with Crippen LogP contribution < -0.4 is 49.5 Å². The monoisotopic (exact) mass is 894 g/mol. The molecule has 3 rings (SSSR count). The Bertz CT molecular complexity index is 1450. The smallest absolute Gasteiger partial charge is 0.404 e. The lowest BCUT2D eigenvalue weighted by molar-refractivity contribution is -0.198. The van der Waals surface area contributed by atoms with Crippen LogP contribution in [-0.2, 0) is 44.7 Å². The average Bonchev–Trinajstić information content (AvgIpc) is 3.46. The molecule has 10 atom stereocenters. The SMILES string of the molecule is NCCCC(N)CC(=O)NCCCC(N)CC(=O)N[C@@H]1[C@H](O)[C@@H](OC(N)=O)[C@@H](CO)O[C@H]1NC1=N[C@@H]2C(=O)NC[C@@H](O)[C@H]2N1.O.O.O.O.O=S(=O)([O-])[O-].O=S(=O)([O-])[O-]. The molecule has 24 N–H and O–H groups in total. The molecule has 2 unspecified atom stereocenters. The van der Waals surface area contributed by atoms with Crippen LogP contribution >= 0.6 is 0 Å². The number of guanidine groups is 1. The topological polar surface area (TPSA) is 611 Å². The third kappa shape index (κ3) is 24.9. The maximum absolute atomic E-state index is 13.0. The van der Waals surface area contributed by atoms with Crippen LogP contribution in [0.25, 0.3) is 0 Å². The molecule has 0 bridgehead atoms. The Kier molecular flexibility index (Phi) is 30.1. The lowest BCUT2D eigenvalue weighted by Crippen LogP contribution is -2.70. The summed E-state index contributed by atoms with van der Waals surface area (Å²) < 4.78 is 79.0. The van der Waals surface area contributed by atoms with Gasteiger partial charge >= 0.3 is 6.09 Å². The quantitative estimate of drug-likeness (QED) is 0.0412. The predicted octanol–water partition coefficient (Wildman–Crippen LogP) is -12.1. The number of nitrogens with one attached hydrogen (secondary N) is 5. The number of hydrogen-bond acceptors (Lipinski definition) is 23. The summed E-state index contributed by atoms with van der Waals surface area (Å²) in [4.78, 5) is 52.9. The molecule has 2 saturated heterocycles. The van der Waals surface area contributed by atoms with Crippen molar-refractivity contribution in [3.05, 3.63) is 0 Å². The van der Waals surface area contributed by atoms with Gasteiger partial charge in [0, 0.05) is 58.8 Å². The number of carbonyl (C=O) groups excluding carboxylic acids is 4. The minimum atomic E-state index is -5.17. The zero-order valence-electron chi connectivity index (χ0n) is 30.5. The fourth-order valence-corrected chi connectivity index (χ4v) is 5.31. The number of nitrogens with two attached hydrogens (primary N) is 4.